The molecule has 26 heteroatoms. The largest absolute Gasteiger partial charge is 0.473 e. The van der Waals surface area contributed by atoms with Gasteiger partial charge < -0.3 is 110 Å². The van der Waals surface area contributed by atoms with Gasteiger partial charge in [-0.2, -0.15) is 0 Å². The highest BCUT2D eigenvalue weighted by Gasteiger charge is 2.56. The van der Waals surface area contributed by atoms with E-state index in [-0.39, 0.29) is 13.2 Å². The van der Waals surface area contributed by atoms with Gasteiger partial charge in [-0.1, -0.05) is 0 Å². The summed E-state index contributed by atoms with van der Waals surface area (Å²) in [6.45, 7) is -0.688. The summed E-state index contributed by atoms with van der Waals surface area (Å²) in [5, 5.41) is 125. The van der Waals surface area contributed by atoms with Gasteiger partial charge in [-0.05, 0) is 26.8 Å². The summed E-state index contributed by atoms with van der Waals surface area (Å²) < 4.78 is 68.4. The van der Waals surface area contributed by atoms with Crippen LogP contribution in [0.1, 0.15) is 20.3 Å². The molecule has 0 aromatic heterocycles. The molecule has 56 heavy (non-hydrogen) atoms. The number of nitrogens with two attached hydrogens (primary N) is 1. The van der Waals surface area contributed by atoms with Crippen molar-refractivity contribution < 1.29 is 118 Å². The molecule has 0 aromatic rings. The summed E-state index contributed by atoms with van der Waals surface area (Å²) in [4.78, 5) is 10.5. The number of aliphatic hydroxyl groups is 12. The van der Waals surface area contributed by atoms with Crippen LogP contribution in [0, 0.1) is 0 Å². The molecule has 0 spiro atoms. The van der Waals surface area contributed by atoms with Crippen molar-refractivity contribution >= 4 is 7.82 Å². The van der Waals surface area contributed by atoms with E-state index >= 15 is 0 Å². The summed E-state index contributed by atoms with van der Waals surface area (Å²) in [5.74, 6) is 0. The first kappa shape index (κ1) is 47.9. The number of rotatable bonds is 18. The second-order valence-corrected chi connectivity index (χ2v) is 15.1. The van der Waals surface area contributed by atoms with Crippen LogP contribution in [0.25, 0.3) is 0 Å². The minimum atomic E-state index is -5.38. The molecule has 0 aliphatic carbocycles. The molecular weight excluding hydrogens is 789 g/mol. The highest BCUT2D eigenvalue weighted by Crippen LogP contribution is 2.49. The number of hydrogen-bond acceptors (Lipinski definition) is 24. The number of ether oxygens (including phenoxy) is 8. The van der Waals surface area contributed by atoms with E-state index in [0.29, 0.717) is 6.42 Å². The third-order valence-electron chi connectivity index (χ3n) is 9.65. The van der Waals surface area contributed by atoms with Gasteiger partial charge in [0, 0.05) is 0 Å². The summed E-state index contributed by atoms with van der Waals surface area (Å²) in [6, 6.07) is 0. The fourth-order valence-corrected chi connectivity index (χ4v) is 7.56. The van der Waals surface area contributed by atoms with Crippen molar-refractivity contribution in [2.45, 2.75) is 149 Å². The monoisotopic (exact) mass is 845 g/mol. The van der Waals surface area contributed by atoms with Gasteiger partial charge in [0.25, 0.3) is 0 Å². The summed E-state index contributed by atoms with van der Waals surface area (Å²) in [7, 11) is -5.38. The molecule has 0 saturated carbocycles. The lowest BCUT2D eigenvalue weighted by molar-refractivity contribution is -0.391. The van der Waals surface area contributed by atoms with E-state index in [0.717, 1.165) is 0 Å². The smallest absolute Gasteiger partial charge is 0.394 e. The first-order chi connectivity index (χ1) is 26.4. The minimum absolute atomic E-state index is 0.0606. The predicted octanol–water partition coefficient (Wildman–Crippen LogP) is -7.83. The first-order valence-electron chi connectivity index (χ1n) is 17.9. The molecule has 4 heterocycles. The molecular formula is C30H56NO24P. The van der Waals surface area contributed by atoms with Crippen LogP contribution in [-0.2, 0) is 51.5 Å². The van der Waals surface area contributed by atoms with Gasteiger partial charge in [-0.25, -0.2) is 4.57 Å². The van der Waals surface area contributed by atoms with Crippen LogP contribution in [0.4, 0.5) is 0 Å². The Morgan fingerprint density at radius 3 is 1.70 bits per heavy atom. The number of phosphoric acid groups is 1. The quantitative estimate of drug-likeness (QED) is 0.0450. The molecule has 4 aliphatic rings. The fraction of sp³-hybridized carbons (Fsp3) is 1.00. The number of hydrogen-bond donors (Lipinski definition) is 14. The van der Waals surface area contributed by atoms with Crippen molar-refractivity contribution in [1.29, 1.82) is 0 Å². The van der Waals surface area contributed by atoms with Crippen LogP contribution < -0.4 is 5.73 Å². The average Bonchev–Trinajstić information content (AvgIpc) is 3.17. The third kappa shape index (κ3) is 11.1. The van der Waals surface area contributed by atoms with E-state index in [9.17, 15) is 70.7 Å². The zero-order chi connectivity index (χ0) is 41.6. The van der Waals surface area contributed by atoms with E-state index < -0.39 is 163 Å². The van der Waals surface area contributed by atoms with Crippen LogP contribution in [0.5, 0.6) is 0 Å². The van der Waals surface area contributed by atoms with E-state index in [1.54, 1.807) is 0 Å². The fourth-order valence-electron chi connectivity index (χ4n) is 6.44. The van der Waals surface area contributed by atoms with Crippen LogP contribution in [-0.4, -0.2) is 235 Å². The van der Waals surface area contributed by atoms with Crippen molar-refractivity contribution in [2.24, 2.45) is 5.73 Å². The Labute approximate surface area is 320 Å². The summed E-state index contributed by atoms with van der Waals surface area (Å²) >= 11 is 0. The maximum absolute atomic E-state index is 13.1. The lowest BCUT2D eigenvalue weighted by Gasteiger charge is -2.49. The summed E-state index contributed by atoms with van der Waals surface area (Å²) in [5.41, 5.74) is 5.45. The van der Waals surface area contributed by atoms with Gasteiger partial charge in [0.1, 0.15) is 91.6 Å². The number of aliphatic hydroxyl groups excluding tert-OH is 12. The molecule has 4 fully saturated rings. The Morgan fingerprint density at radius 1 is 0.589 bits per heavy atom. The molecule has 15 N–H and O–H groups in total. The van der Waals surface area contributed by atoms with Crippen molar-refractivity contribution in [1.82, 2.24) is 0 Å². The van der Waals surface area contributed by atoms with Crippen molar-refractivity contribution in [3.8, 4) is 0 Å². The Balaban J connectivity index is 1.58. The maximum atomic E-state index is 13.1. The van der Waals surface area contributed by atoms with Gasteiger partial charge >= 0.3 is 7.82 Å². The van der Waals surface area contributed by atoms with Gasteiger partial charge in [0.15, 0.2) is 25.2 Å². The molecule has 4 rings (SSSR count). The molecule has 25 nitrogen and oxygen atoms in total. The van der Waals surface area contributed by atoms with Gasteiger partial charge in [-0.3, -0.25) is 9.05 Å². The highest BCUT2D eigenvalue weighted by atomic mass is 31.2. The standard InChI is InChI=1S/C30H56NO24P/c1-10-15(36)17(38)20(41)28(47-10)53-26-25(55-56(44,45)54-12(6-32)7-33)16(37)13(8-34)49-30(26)51-23-11(2)48-29(22(43)18(23)39)52-24-14(9-35)50-27(21(42)19(24)40)46-5-3-4-31/h10-30,32-43H,3-9,31H2,1-2H3,(H,44,45)/t10-,11-,13+,14+,15-,16-,17+,18-,19+,20+,21+,22+,23-,24+,25-,26+,27+,28-,29+,30-/m0/s1. The predicted molar refractivity (Wildman–Crippen MR) is 176 cm³/mol. The molecule has 4 aliphatic heterocycles. The van der Waals surface area contributed by atoms with Crippen LogP contribution in [0.15, 0.2) is 0 Å². The SMILES string of the molecule is C[C@@H]1O[C@@H](O[C@H]2[C@H](O[C@@H]3[C@@H](O)[C@@H](O)[C@@H](O[C@H]4[C@H](O)[C@@H](O)[C@H](OCCCN)O[C@@H]4CO)O[C@H]3C)O[C@H](CO)[C@H](O)[C@@H]2OP(=O)(O)OC(CO)CO)[C@H](O)[C@H](O)[C@H]1O. The van der Waals surface area contributed by atoms with E-state index in [4.69, 9.17) is 52.7 Å². The Hall–Kier alpha value is -0.730. The Morgan fingerprint density at radius 2 is 1.11 bits per heavy atom. The Bertz CT molecular complexity index is 1220. The van der Waals surface area contributed by atoms with Crippen molar-refractivity contribution in [3.05, 3.63) is 0 Å². The van der Waals surface area contributed by atoms with E-state index in [1.165, 1.54) is 13.8 Å². The molecule has 0 amide bonds. The summed E-state index contributed by atoms with van der Waals surface area (Å²) in [6.07, 6.45) is -36.2. The maximum Gasteiger partial charge on any atom is 0.473 e. The van der Waals surface area contributed by atoms with Gasteiger partial charge in [-0.15, -0.1) is 0 Å². The normalized spacial score (nSPS) is 46.2. The topological polar surface area (TPSA) is 398 Å². The zero-order valence-electron chi connectivity index (χ0n) is 30.4. The molecule has 1 unspecified atom stereocenters. The molecule has 330 valence electrons. The zero-order valence-corrected chi connectivity index (χ0v) is 31.3. The minimum Gasteiger partial charge on any atom is -0.394 e. The molecule has 21 atom stereocenters. The average molecular weight is 846 g/mol. The van der Waals surface area contributed by atoms with Crippen molar-refractivity contribution in [2.75, 3.05) is 39.6 Å². The van der Waals surface area contributed by atoms with Crippen LogP contribution in [0.2, 0.25) is 0 Å². The molecule has 0 aromatic carbocycles. The van der Waals surface area contributed by atoms with Crippen LogP contribution >= 0.6 is 7.82 Å². The van der Waals surface area contributed by atoms with E-state index in [2.05, 4.69) is 0 Å². The lowest BCUT2D eigenvalue weighted by atomic mass is 9.96. The van der Waals surface area contributed by atoms with E-state index in [1.807, 2.05) is 0 Å². The highest BCUT2D eigenvalue weighted by molar-refractivity contribution is 7.47. The molecule has 4 saturated heterocycles. The second-order valence-electron chi connectivity index (χ2n) is 13.7. The molecule has 0 bridgehead atoms. The van der Waals surface area contributed by atoms with Crippen LogP contribution in [0.3, 0.4) is 0 Å². The Kier molecular flexibility index (Phi) is 18.1. The second kappa shape index (κ2) is 21.2. The van der Waals surface area contributed by atoms with Gasteiger partial charge in [0.05, 0.1) is 45.2 Å². The first-order valence-corrected chi connectivity index (χ1v) is 19.4. The molecule has 0 radical (unpaired) electrons. The lowest BCUT2D eigenvalue weighted by Crippen LogP contribution is -2.67. The van der Waals surface area contributed by atoms with Crippen molar-refractivity contribution in [3.63, 3.8) is 0 Å². The number of phosphoric ester groups is 1. The van der Waals surface area contributed by atoms with Gasteiger partial charge in [0.2, 0.25) is 0 Å². The third-order valence-corrected chi connectivity index (χ3v) is 10.7.